The molecule has 0 spiro atoms. The van der Waals surface area contributed by atoms with Gasteiger partial charge in [-0.05, 0) is 18.4 Å². The third kappa shape index (κ3) is 5.14. The number of pyridine rings is 1. The van der Waals surface area contributed by atoms with Gasteiger partial charge in [0.2, 0.25) is 0 Å². The first-order valence-corrected chi connectivity index (χ1v) is 9.01. The molecule has 134 valence electrons. The molecule has 2 aromatic rings. The molecular weight excluding hydrogens is 314 g/mol. The SMILES string of the molecule is CCNC(=NCc1nccc2ccccc12)NCCN1CCOCC1. The summed E-state index contributed by atoms with van der Waals surface area (Å²) < 4.78 is 5.38. The van der Waals surface area contributed by atoms with E-state index in [1.54, 1.807) is 0 Å². The van der Waals surface area contributed by atoms with Crippen LogP contribution in [0.3, 0.4) is 0 Å². The first-order chi connectivity index (χ1) is 12.4. The van der Waals surface area contributed by atoms with Crippen molar-refractivity contribution in [1.82, 2.24) is 20.5 Å². The maximum Gasteiger partial charge on any atom is 0.191 e. The van der Waals surface area contributed by atoms with E-state index in [2.05, 4.69) is 39.6 Å². The summed E-state index contributed by atoms with van der Waals surface area (Å²) in [7, 11) is 0. The van der Waals surface area contributed by atoms with Crippen molar-refractivity contribution in [3.05, 3.63) is 42.2 Å². The van der Waals surface area contributed by atoms with Crippen LogP contribution in [0.25, 0.3) is 10.8 Å². The van der Waals surface area contributed by atoms with Gasteiger partial charge in [0.05, 0.1) is 25.5 Å². The number of guanidine groups is 1. The Hall–Kier alpha value is -2.18. The van der Waals surface area contributed by atoms with Crippen LogP contribution in [0.2, 0.25) is 0 Å². The number of nitrogens with one attached hydrogen (secondary N) is 2. The number of benzene rings is 1. The van der Waals surface area contributed by atoms with Gasteiger partial charge >= 0.3 is 0 Å². The molecule has 0 radical (unpaired) electrons. The lowest BCUT2D eigenvalue weighted by Gasteiger charge is -2.26. The van der Waals surface area contributed by atoms with Gasteiger partial charge < -0.3 is 15.4 Å². The molecule has 2 N–H and O–H groups in total. The summed E-state index contributed by atoms with van der Waals surface area (Å²) in [4.78, 5) is 11.6. The minimum Gasteiger partial charge on any atom is -0.379 e. The predicted molar refractivity (Wildman–Crippen MR) is 102 cm³/mol. The lowest BCUT2D eigenvalue weighted by Crippen LogP contribution is -2.44. The van der Waals surface area contributed by atoms with Crippen LogP contribution < -0.4 is 10.6 Å². The van der Waals surface area contributed by atoms with Gasteiger partial charge in [0, 0.05) is 44.3 Å². The quantitative estimate of drug-likeness (QED) is 0.618. The number of hydrogen-bond donors (Lipinski definition) is 2. The third-order valence-corrected chi connectivity index (χ3v) is 4.31. The van der Waals surface area contributed by atoms with E-state index in [1.807, 2.05) is 24.4 Å². The van der Waals surface area contributed by atoms with E-state index in [1.165, 1.54) is 5.39 Å². The number of aromatic nitrogens is 1. The molecule has 6 heteroatoms. The minimum atomic E-state index is 0.564. The fraction of sp³-hybridized carbons (Fsp3) is 0.474. The number of rotatable bonds is 6. The second-order valence-corrected chi connectivity index (χ2v) is 6.05. The van der Waals surface area contributed by atoms with E-state index >= 15 is 0 Å². The van der Waals surface area contributed by atoms with Gasteiger partial charge in [-0.2, -0.15) is 0 Å². The molecule has 6 nitrogen and oxygen atoms in total. The maximum absolute atomic E-state index is 5.38. The van der Waals surface area contributed by atoms with Gasteiger partial charge in [-0.3, -0.25) is 9.88 Å². The molecule has 0 bridgehead atoms. The number of nitrogens with zero attached hydrogens (tertiary/aromatic N) is 3. The maximum atomic E-state index is 5.38. The van der Waals surface area contributed by atoms with Gasteiger partial charge in [-0.15, -0.1) is 0 Å². The molecule has 1 saturated heterocycles. The zero-order valence-electron chi connectivity index (χ0n) is 14.9. The van der Waals surface area contributed by atoms with Crippen molar-refractivity contribution in [3.63, 3.8) is 0 Å². The van der Waals surface area contributed by atoms with Crippen molar-refractivity contribution in [2.75, 3.05) is 45.9 Å². The molecule has 1 aliphatic rings. The second kappa shape index (κ2) is 9.34. The Kier molecular flexibility index (Phi) is 6.59. The van der Waals surface area contributed by atoms with E-state index in [9.17, 15) is 0 Å². The average molecular weight is 341 g/mol. The zero-order chi connectivity index (χ0) is 17.3. The highest BCUT2D eigenvalue weighted by Crippen LogP contribution is 2.16. The lowest BCUT2D eigenvalue weighted by atomic mass is 10.1. The Bertz CT molecular complexity index is 692. The number of hydrogen-bond acceptors (Lipinski definition) is 4. The van der Waals surface area contributed by atoms with Crippen LogP contribution in [0.5, 0.6) is 0 Å². The Morgan fingerprint density at radius 3 is 2.88 bits per heavy atom. The molecule has 0 amide bonds. The molecule has 1 aliphatic heterocycles. The van der Waals surface area contributed by atoms with E-state index < -0.39 is 0 Å². The van der Waals surface area contributed by atoms with Gasteiger partial charge in [-0.1, -0.05) is 24.3 Å². The summed E-state index contributed by atoms with van der Waals surface area (Å²) in [6.07, 6.45) is 1.85. The van der Waals surface area contributed by atoms with Gasteiger partial charge in [0.15, 0.2) is 5.96 Å². The molecular formula is C19H27N5O. The zero-order valence-corrected chi connectivity index (χ0v) is 14.9. The number of fused-ring (bicyclic) bond motifs is 1. The molecule has 3 rings (SSSR count). The molecule has 25 heavy (non-hydrogen) atoms. The molecule has 0 aliphatic carbocycles. The van der Waals surface area contributed by atoms with Gasteiger partial charge in [-0.25, -0.2) is 4.99 Å². The second-order valence-electron chi connectivity index (χ2n) is 6.05. The lowest BCUT2D eigenvalue weighted by molar-refractivity contribution is 0.0389. The fourth-order valence-corrected chi connectivity index (χ4v) is 2.96. The molecule has 0 atom stereocenters. The Labute approximate surface area is 149 Å². The first kappa shape index (κ1) is 17.6. The van der Waals surface area contributed by atoms with Crippen LogP contribution in [0.1, 0.15) is 12.6 Å². The van der Waals surface area contributed by atoms with Crippen LogP contribution in [0, 0.1) is 0 Å². The van der Waals surface area contributed by atoms with Crippen molar-refractivity contribution in [3.8, 4) is 0 Å². The monoisotopic (exact) mass is 341 g/mol. The molecule has 1 fully saturated rings. The smallest absolute Gasteiger partial charge is 0.191 e. The summed E-state index contributed by atoms with van der Waals surface area (Å²) in [5, 5.41) is 9.09. The van der Waals surface area contributed by atoms with Gasteiger partial charge in [0.25, 0.3) is 0 Å². The van der Waals surface area contributed by atoms with E-state index in [4.69, 9.17) is 9.73 Å². The van der Waals surface area contributed by atoms with E-state index in [0.29, 0.717) is 6.54 Å². The van der Waals surface area contributed by atoms with Crippen LogP contribution in [0.15, 0.2) is 41.5 Å². The molecule has 0 unspecified atom stereocenters. The fourth-order valence-electron chi connectivity index (χ4n) is 2.96. The summed E-state index contributed by atoms with van der Waals surface area (Å²) >= 11 is 0. The molecule has 1 aromatic carbocycles. The van der Waals surface area contributed by atoms with Crippen molar-refractivity contribution in [2.24, 2.45) is 4.99 Å². The molecule has 2 heterocycles. The highest BCUT2D eigenvalue weighted by atomic mass is 16.5. The van der Waals surface area contributed by atoms with Crippen molar-refractivity contribution in [1.29, 1.82) is 0 Å². The normalized spacial score (nSPS) is 16.1. The number of morpholine rings is 1. The summed E-state index contributed by atoms with van der Waals surface area (Å²) in [5.41, 5.74) is 1.00. The van der Waals surface area contributed by atoms with Crippen molar-refractivity contribution < 1.29 is 4.74 Å². The Balaban J connectivity index is 1.59. The van der Waals surface area contributed by atoms with E-state index in [-0.39, 0.29) is 0 Å². The standard InChI is InChI=1S/C19H27N5O/c1-2-20-19(22-9-10-24-11-13-25-14-12-24)23-15-18-17-6-4-3-5-16(17)7-8-21-18/h3-8H,2,9-15H2,1H3,(H2,20,22,23). The largest absolute Gasteiger partial charge is 0.379 e. The first-order valence-electron chi connectivity index (χ1n) is 9.01. The minimum absolute atomic E-state index is 0.564. The van der Waals surface area contributed by atoms with Crippen molar-refractivity contribution in [2.45, 2.75) is 13.5 Å². The van der Waals surface area contributed by atoms with Crippen LogP contribution >= 0.6 is 0 Å². The Morgan fingerprint density at radius 2 is 2.04 bits per heavy atom. The highest BCUT2D eigenvalue weighted by Gasteiger charge is 2.09. The van der Waals surface area contributed by atoms with Crippen LogP contribution in [0.4, 0.5) is 0 Å². The third-order valence-electron chi connectivity index (χ3n) is 4.31. The molecule has 1 aromatic heterocycles. The number of aliphatic imine (C=N–C) groups is 1. The summed E-state index contributed by atoms with van der Waals surface area (Å²) in [5.74, 6) is 0.838. The average Bonchev–Trinajstić information content (AvgIpc) is 2.67. The summed E-state index contributed by atoms with van der Waals surface area (Å²) in [6, 6.07) is 10.3. The predicted octanol–water partition coefficient (Wildman–Crippen LogP) is 1.62. The summed E-state index contributed by atoms with van der Waals surface area (Å²) in [6.45, 7) is 9.04. The van der Waals surface area contributed by atoms with Crippen LogP contribution in [-0.2, 0) is 11.3 Å². The molecule has 0 saturated carbocycles. The van der Waals surface area contributed by atoms with Gasteiger partial charge in [0.1, 0.15) is 0 Å². The van der Waals surface area contributed by atoms with E-state index in [0.717, 1.165) is 63.0 Å². The number of ether oxygens (including phenoxy) is 1. The topological polar surface area (TPSA) is 61.8 Å². The Morgan fingerprint density at radius 1 is 1.20 bits per heavy atom. The van der Waals surface area contributed by atoms with Crippen LogP contribution in [-0.4, -0.2) is 61.8 Å². The highest BCUT2D eigenvalue weighted by molar-refractivity contribution is 5.85. The van der Waals surface area contributed by atoms with Crippen molar-refractivity contribution >= 4 is 16.7 Å².